The zero-order valence-corrected chi connectivity index (χ0v) is 19.6. The molecule has 0 aliphatic carbocycles. The van der Waals surface area contributed by atoms with Crippen molar-refractivity contribution in [1.29, 1.82) is 0 Å². The molecule has 0 spiro atoms. The number of methoxy groups -OCH3 is 1. The average molecular weight is 488 g/mol. The van der Waals surface area contributed by atoms with Gasteiger partial charge in [0.05, 0.1) is 17.6 Å². The predicted molar refractivity (Wildman–Crippen MR) is 133 cm³/mol. The highest BCUT2D eigenvalue weighted by molar-refractivity contribution is 9.10. The fraction of sp³-hybridized carbons (Fsp3) is 0.143. The van der Waals surface area contributed by atoms with Crippen LogP contribution in [0.2, 0.25) is 0 Å². The standard InChI is InChI=1S/C28H26BrNO2/c1-31-26-18-22(17-25(29)28(26)32-20-21-11-5-2-6-12-21)19-30-27(23-13-7-3-8-14-23)24-15-9-4-10-16-24/h2-18,27,30H,19-20H2,1H3. The van der Waals surface area contributed by atoms with Gasteiger partial charge in [-0.05, 0) is 50.3 Å². The molecule has 32 heavy (non-hydrogen) atoms. The topological polar surface area (TPSA) is 30.5 Å². The molecular weight excluding hydrogens is 462 g/mol. The fourth-order valence-corrected chi connectivity index (χ4v) is 4.29. The molecule has 0 aliphatic heterocycles. The first-order valence-electron chi connectivity index (χ1n) is 10.6. The minimum absolute atomic E-state index is 0.0937. The lowest BCUT2D eigenvalue weighted by Crippen LogP contribution is -2.22. The first-order valence-corrected chi connectivity index (χ1v) is 11.4. The van der Waals surface area contributed by atoms with Crippen LogP contribution in [-0.2, 0) is 13.2 Å². The van der Waals surface area contributed by atoms with Crippen LogP contribution in [0, 0.1) is 0 Å². The molecular formula is C28H26BrNO2. The SMILES string of the molecule is COc1cc(CNC(c2ccccc2)c2ccccc2)cc(Br)c1OCc1ccccc1. The highest BCUT2D eigenvalue weighted by atomic mass is 79.9. The third-order valence-corrected chi connectivity index (χ3v) is 5.88. The Morgan fingerprint density at radius 3 is 1.88 bits per heavy atom. The highest BCUT2D eigenvalue weighted by Crippen LogP contribution is 2.37. The van der Waals surface area contributed by atoms with E-state index in [1.807, 2.05) is 48.5 Å². The van der Waals surface area contributed by atoms with E-state index in [4.69, 9.17) is 9.47 Å². The van der Waals surface area contributed by atoms with Crippen LogP contribution >= 0.6 is 15.9 Å². The Morgan fingerprint density at radius 1 is 0.750 bits per heavy atom. The summed E-state index contributed by atoms with van der Waals surface area (Å²) in [4.78, 5) is 0. The molecule has 0 heterocycles. The molecule has 3 nitrogen and oxygen atoms in total. The molecule has 0 atom stereocenters. The van der Waals surface area contributed by atoms with Crippen LogP contribution in [-0.4, -0.2) is 7.11 Å². The largest absolute Gasteiger partial charge is 0.493 e. The maximum Gasteiger partial charge on any atom is 0.175 e. The second-order valence-corrected chi connectivity index (χ2v) is 8.37. The number of benzene rings is 4. The van der Waals surface area contributed by atoms with E-state index in [1.165, 1.54) is 11.1 Å². The van der Waals surface area contributed by atoms with Gasteiger partial charge in [-0.25, -0.2) is 0 Å². The maximum atomic E-state index is 6.07. The third kappa shape index (κ3) is 5.58. The van der Waals surface area contributed by atoms with Gasteiger partial charge in [0.1, 0.15) is 6.61 Å². The van der Waals surface area contributed by atoms with E-state index in [2.05, 4.69) is 75.8 Å². The van der Waals surface area contributed by atoms with E-state index in [-0.39, 0.29) is 6.04 Å². The number of nitrogens with one attached hydrogen (secondary N) is 1. The molecule has 0 fully saturated rings. The molecule has 0 bridgehead atoms. The van der Waals surface area contributed by atoms with Crippen molar-refractivity contribution in [2.24, 2.45) is 0 Å². The highest BCUT2D eigenvalue weighted by Gasteiger charge is 2.16. The molecule has 4 rings (SSSR count). The number of hydrogen-bond acceptors (Lipinski definition) is 3. The van der Waals surface area contributed by atoms with Gasteiger partial charge in [-0.1, -0.05) is 91.0 Å². The number of halogens is 1. The predicted octanol–water partition coefficient (Wildman–Crippen LogP) is 6.92. The van der Waals surface area contributed by atoms with Crippen molar-refractivity contribution in [1.82, 2.24) is 5.32 Å². The van der Waals surface area contributed by atoms with E-state index >= 15 is 0 Å². The van der Waals surface area contributed by atoms with Crippen molar-refractivity contribution < 1.29 is 9.47 Å². The summed E-state index contributed by atoms with van der Waals surface area (Å²) in [5.74, 6) is 1.42. The van der Waals surface area contributed by atoms with Gasteiger partial charge < -0.3 is 14.8 Å². The molecule has 162 valence electrons. The van der Waals surface area contributed by atoms with E-state index in [9.17, 15) is 0 Å². The van der Waals surface area contributed by atoms with Crippen LogP contribution in [0.4, 0.5) is 0 Å². The minimum atomic E-state index is 0.0937. The summed E-state index contributed by atoms with van der Waals surface area (Å²) in [6.07, 6.45) is 0. The van der Waals surface area contributed by atoms with Crippen LogP contribution in [0.5, 0.6) is 11.5 Å². The van der Waals surface area contributed by atoms with Crippen LogP contribution < -0.4 is 14.8 Å². The van der Waals surface area contributed by atoms with Gasteiger partial charge >= 0.3 is 0 Å². The lowest BCUT2D eigenvalue weighted by molar-refractivity contribution is 0.282. The molecule has 4 aromatic rings. The molecule has 4 heteroatoms. The summed E-state index contributed by atoms with van der Waals surface area (Å²) in [6, 6.07) is 35.3. The Morgan fingerprint density at radius 2 is 1.31 bits per heavy atom. The summed E-state index contributed by atoms with van der Waals surface area (Å²) in [5, 5.41) is 3.71. The molecule has 0 radical (unpaired) electrons. The van der Waals surface area contributed by atoms with Gasteiger partial charge in [0.2, 0.25) is 0 Å². The van der Waals surface area contributed by atoms with Gasteiger partial charge in [-0.2, -0.15) is 0 Å². The Balaban J connectivity index is 1.52. The molecule has 0 saturated heterocycles. The van der Waals surface area contributed by atoms with Crippen molar-refractivity contribution >= 4 is 15.9 Å². The van der Waals surface area contributed by atoms with E-state index in [0.29, 0.717) is 24.7 Å². The number of rotatable bonds is 9. The molecule has 0 unspecified atom stereocenters. The lowest BCUT2D eigenvalue weighted by atomic mass is 9.98. The molecule has 0 amide bonds. The van der Waals surface area contributed by atoms with E-state index in [0.717, 1.165) is 15.6 Å². The second kappa shape index (κ2) is 11.0. The third-order valence-electron chi connectivity index (χ3n) is 5.29. The zero-order chi connectivity index (χ0) is 22.2. The molecule has 4 aromatic carbocycles. The van der Waals surface area contributed by atoms with Crippen molar-refractivity contribution in [3.8, 4) is 11.5 Å². The van der Waals surface area contributed by atoms with E-state index in [1.54, 1.807) is 7.11 Å². The maximum absolute atomic E-state index is 6.07. The van der Waals surface area contributed by atoms with Gasteiger partial charge in [0.25, 0.3) is 0 Å². The second-order valence-electron chi connectivity index (χ2n) is 7.52. The molecule has 0 saturated carbocycles. The van der Waals surface area contributed by atoms with E-state index < -0.39 is 0 Å². The summed E-state index contributed by atoms with van der Waals surface area (Å²) < 4.78 is 12.6. The van der Waals surface area contributed by atoms with Crippen LogP contribution in [0.25, 0.3) is 0 Å². The van der Waals surface area contributed by atoms with Crippen molar-refractivity contribution in [3.63, 3.8) is 0 Å². The summed E-state index contributed by atoms with van der Waals surface area (Å²) >= 11 is 3.68. The Labute approximate surface area is 198 Å². The van der Waals surface area contributed by atoms with Crippen LogP contribution in [0.15, 0.2) is 108 Å². The summed E-state index contributed by atoms with van der Waals surface area (Å²) in [5.41, 5.74) is 4.68. The molecule has 0 aromatic heterocycles. The first kappa shape index (κ1) is 22.1. The summed E-state index contributed by atoms with van der Waals surface area (Å²) in [6.45, 7) is 1.17. The smallest absolute Gasteiger partial charge is 0.175 e. The normalized spacial score (nSPS) is 10.8. The van der Waals surface area contributed by atoms with Gasteiger partial charge in [0, 0.05) is 6.54 Å². The Hall–Kier alpha value is -3.08. The fourth-order valence-electron chi connectivity index (χ4n) is 3.68. The average Bonchev–Trinajstić information content (AvgIpc) is 2.85. The Bertz CT molecular complexity index is 1080. The van der Waals surface area contributed by atoms with Crippen molar-refractivity contribution in [2.45, 2.75) is 19.2 Å². The van der Waals surface area contributed by atoms with Crippen molar-refractivity contribution in [3.05, 3.63) is 130 Å². The van der Waals surface area contributed by atoms with Gasteiger partial charge in [0.15, 0.2) is 11.5 Å². The number of ether oxygens (including phenoxy) is 2. The quantitative estimate of drug-likeness (QED) is 0.278. The summed E-state index contributed by atoms with van der Waals surface area (Å²) in [7, 11) is 1.67. The van der Waals surface area contributed by atoms with Crippen LogP contribution in [0.3, 0.4) is 0 Å². The first-order chi connectivity index (χ1) is 15.7. The zero-order valence-electron chi connectivity index (χ0n) is 18.0. The molecule has 0 aliphatic rings. The van der Waals surface area contributed by atoms with Crippen molar-refractivity contribution in [2.75, 3.05) is 7.11 Å². The monoisotopic (exact) mass is 487 g/mol. The van der Waals surface area contributed by atoms with Gasteiger partial charge in [-0.3, -0.25) is 0 Å². The van der Waals surface area contributed by atoms with Gasteiger partial charge in [-0.15, -0.1) is 0 Å². The Kier molecular flexibility index (Phi) is 7.59. The molecule has 1 N–H and O–H groups in total. The minimum Gasteiger partial charge on any atom is -0.493 e. The van der Waals surface area contributed by atoms with Crippen LogP contribution in [0.1, 0.15) is 28.3 Å². The number of hydrogen-bond donors (Lipinski definition) is 1. The lowest BCUT2D eigenvalue weighted by Gasteiger charge is -2.21.